The summed E-state index contributed by atoms with van der Waals surface area (Å²) < 4.78 is 34.0. The molecule has 3 rings (SSSR count). The monoisotopic (exact) mass is 480 g/mol. The summed E-state index contributed by atoms with van der Waals surface area (Å²) >= 11 is 3.40. The molecule has 8 heteroatoms. The van der Waals surface area contributed by atoms with Gasteiger partial charge in [0.25, 0.3) is 5.91 Å². The number of carbonyl (C=O) groups is 1. The van der Waals surface area contributed by atoms with Crippen LogP contribution in [0.5, 0.6) is 5.75 Å². The summed E-state index contributed by atoms with van der Waals surface area (Å²) in [6.45, 7) is 2.90. The second kappa shape index (κ2) is 9.28. The first kappa shape index (κ1) is 21.8. The molecule has 0 atom stereocenters. The molecule has 156 valence electrons. The predicted octanol–water partition coefficient (Wildman–Crippen LogP) is 4.58. The number of hydrogen-bond acceptors (Lipinski definition) is 4. The lowest BCUT2D eigenvalue weighted by molar-refractivity contribution is 0.102. The van der Waals surface area contributed by atoms with Crippen LogP contribution in [0.25, 0.3) is 0 Å². The van der Waals surface area contributed by atoms with Crippen molar-refractivity contribution in [3.05, 3.63) is 52.0 Å². The molecule has 0 unspecified atom stereocenters. The van der Waals surface area contributed by atoms with Crippen LogP contribution in [-0.2, 0) is 10.0 Å². The van der Waals surface area contributed by atoms with Gasteiger partial charge in [0.2, 0.25) is 10.0 Å². The number of amides is 1. The van der Waals surface area contributed by atoms with Crippen LogP contribution in [0.15, 0.2) is 45.8 Å². The topological polar surface area (TPSA) is 75.7 Å². The van der Waals surface area contributed by atoms with Gasteiger partial charge in [-0.1, -0.05) is 28.8 Å². The lowest BCUT2D eigenvalue weighted by Gasteiger charge is -2.21. The average Bonchev–Trinajstić information content (AvgIpc) is 2.99. The van der Waals surface area contributed by atoms with Crippen molar-refractivity contribution >= 4 is 37.5 Å². The van der Waals surface area contributed by atoms with E-state index in [-0.39, 0.29) is 10.5 Å². The number of rotatable bonds is 5. The molecule has 0 radical (unpaired) electrons. The zero-order valence-electron chi connectivity index (χ0n) is 16.6. The predicted molar refractivity (Wildman–Crippen MR) is 117 cm³/mol. The molecule has 1 saturated heterocycles. The van der Waals surface area contributed by atoms with Crippen molar-refractivity contribution in [1.82, 2.24) is 4.31 Å². The summed E-state index contributed by atoms with van der Waals surface area (Å²) in [7, 11) is -2.20. The first-order valence-electron chi connectivity index (χ1n) is 9.58. The lowest BCUT2D eigenvalue weighted by atomic mass is 10.1. The van der Waals surface area contributed by atoms with Crippen molar-refractivity contribution in [1.29, 1.82) is 0 Å². The standard InChI is InChI=1S/C21H25BrN2O4S/c1-15-13-16(22)7-9-19(15)23-21(25)18-14-17(8-10-20(18)28-2)29(26,27)24-11-5-3-4-6-12-24/h7-10,13-14H,3-6,11-12H2,1-2H3,(H,23,25). The maximum absolute atomic E-state index is 13.1. The minimum atomic E-state index is -3.66. The summed E-state index contributed by atoms with van der Waals surface area (Å²) in [5, 5.41) is 2.85. The molecule has 2 aromatic carbocycles. The average molecular weight is 481 g/mol. The third-order valence-corrected chi connectivity index (χ3v) is 7.44. The van der Waals surface area contributed by atoms with Crippen LogP contribution in [0.4, 0.5) is 5.69 Å². The van der Waals surface area contributed by atoms with Crippen LogP contribution in [0.1, 0.15) is 41.6 Å². The van der Waals surface area contributed by atoms with Crippen molar-refractivity contribution in [2.75, 3.05) is 25.5 Å². The lowest BCUT2D eigenvalue weighted by Crippen LogP contribution is -2.32. The van der Waals surface area contributed by atoms with E-state index < -0.39 is 15.9 Å². The Morgan fingerprint density at radius 3 is 2.38 bits per heavy atom. The van der Waals surface area contributed by atoms with Gasteiger partial charge in [-0.05, 0) is 61.7 Å². The van der Waals surface area contributed by atoms with Crippen LogP contribution < -0.4 is 10.1 Å². The number of methoxy groups -OCH3 is 1. The molecular weight excluding hydrogens is 456 g/mol. The molecule has 1 heterocycles. The Hall–Kier alpha value is -1.90. The van der Waals surface area contributed by atoms with E-state index in [1.54, 1.807) is 6.07 Å². The highest BCUT2D eigenvalue weighted by Crippen LogP contribution is 2.28. The van der Waals surface area contributed by atoms with Crippen molar-refractivity contribution in [2.24, 2.45) is 0 Å². The van der Waals surface area contributed by atoms with Gasteiger partial charge in [0.1, 0.15) is 5.75 Å². The Kier molecular flexibility index (Phi) is 6.97. The number of sulfonamides is 1. The summed E-state index contributed by atoms with van der Waals surface area (Å²) in [6.07, 6.45) is 3.78. The van der Waals surface area contributed by atoms with E-state index in [2.05, 4.69) is 21.2 Å². The van der Waals surface area contributed by atoms with E-state index in [0.29, 0.717) is 24.5 Å². The highest BCUT2D eigenvalue weighted by Gasteiger charge is 2.27. The van der Waals surface area contributed by atoms with E-state index in [1.807, 2.05) is 19.1 Å². The molecule has 0 spiro atoms. The summed E-state index contributed by atoms with van der Waals surface area (Å²) in [5.74, 6) is -0.0905. The third-order valence-electron chi connectivity index (χ3n) is 5.06. The van der Waals surface area contributed by atoms with Gasteiger partial charge in [0.15, 0.2) is 0 Å². The fourth-order valence-corrected chi connectivity index (χ4v) is 5.43. The molecule has 2 aromatic rings. The third kappa shape index (κ3) is 4.99. The van der Waals surface area contributed by atoms with Gasteiger partial charge in [-0.25, -0.2) is 8.42 Å². The zero-order valence-corrected chi connectivity index (χ0v) is 19.0. The molecule has 1 N–H and O–H groups in total. The molecule has 1 amide bonds. The van der Waals surface area contributed by atoms with Gasteiger partial charge in [-0.3, -0.25) is 4.79 Å². The first-order valence-corrected chi connectivity index (χ1v) is 11.8. The SMILES string of the molecule is COc1ccc(S(=O)(=O)N2CCCCCC2)cc1C(=O)Nc1ccc(Br)cc1C. The highest BCUT2D eigenvalue weighted by molar-refractivity contribution is 9.10. The smallest absolute Gasteiger partial charge is 0.259 e. The molecule has 0 aliphatic carbocycles. The largest absolute Gasteiger partial charge is 0.496 e. The summed E-state index contributed by atoms with van der Waals surface area (Å²) in [4.78, 5) is 13.0. The van der Waals surface area contributed by atoms with Crippen LogP contribution in [0, 0.1) is 6.92 Å². The zero-order chi connectivity index (χ0) is 21.0. The number of anilines is 1. The fraction of sp³-hybridized carbons (Fsp3) is 0.381. The molecule has 1 aliphatic rings. The first-order chi connectivity index (χ1) is 13.8. The maximum Gasteiger partial charge on any atom is 0.259 e. The number of carbonyl (C=O) groups excluding carboxylic acids is 1. The number of nitrogens with one attached hydrogen (secondary N) is 1. The maximum atomic E-state index is 13.1. The van der Waals surface area contributed by atoms with Gasteiger partial charge in [-0.15, -0.1) is 0 Å². The minimum absolute atomic E-state index is 0.109. The van der Waals surface area contributed by atoms with E-state index in [1.165, 1.54) is 29.6 Å². The van der Waals surface area contributed by atoms with Gasteiger partial charge in [-0.2, -0.15) is 4.31 Å². The number of aryl methyl sites for hydroxylation is 1. The van der Waals surface area contributed by atoms with Gasteiger partial charge in [0.05, 0.1) is 17.6 Å². The molecule has 29 heavy (non-hydrogen) atoms. The Balaban J connectivity index is 1.93. The molecule has 0 aromatic heterocycles. The van der Waals surface area contributed by atoms with Crippen LogP contribution >= 0.6 is 15.9 Å². The normalized spacial score (nSPS) is 15.6. The van der Waals surface area contributed by atoms with Gasteiger partial charge < -0.3 is 10.1 Å². The van der Waals surface area contributed by atoms with E-state index >= 15 is 0 Å². The Labute approximate surface area is 180 Å². The number of ether oxygens (including phenoxy) is 1. The van der Waals surface area contributed by atoms with Crippen LogP contribution in [-0.4, -0.2) is 38.8 Å². The van der Waals surface area contributed by atoms with Crippen molar-refractivity contribution in [2.45, 2.75) is 37.5 Å². The van der Waals surface area contributed by atoms with Gasteiger partial charge in [0, 0.05) is 23.2 Å². The number of hydrogen-bond donors (Lipinski definition) is 1. The fourth-order valence-electron chi connectivity index (χ4n) is 3.41. The van der Waals surface area contributed by atoms with E-state index in [4.69, 9.17) is 4.74 Å². The van der Waals surface area contributed by atoms with Crippen LogP contribution in [0.3, 0.4) is 0 Å². The Morgan fingerprint density at radius 2 is 1.76 bits per heavy atom. The second-order valence-corrected chi connectivity index (χ2v) is 9.95. The Morgan fingerprint density at radius 1 is 1.07 bits per heavy atom. The summed E-state index contributed by atoms with van der Waals surface area (Å²) in [6, 6.07) is 9.96. The molecular formula is C21H25BrN2O4S. The van der Waals surface area contributed by atoms with E-state index in [0.717, 1.165) is 35.7 Å². The van der Waals surface area contributed by atoms with Crippen molar-refractivity contribution in [3.63, 3.8) is 0 Å². The molecule has 1 aliphatic heterocycles. The molecule has 6 nitrogen and oxygen atoms in total. The Bertz CT molecular complexity index is 1000. The van der Waals surface area contributed by atoms with E-state index in [9.17, 15) is 13.2 Å². The minimum Gasteiger partial charge on any atom is -0.496 e. The number of halogens is 1. The van der Waals surface area contributed by atoms with Crippen LogP contribution in [0.2, 0.25) is 0 Å². The number of nitrogens with zero attached hydrogens (tertiary/aromatic N) is 1. The van der Waals surface area contributed by atoms with Crippen molar-refractivity contribution < 1.29 is 17.9 Å². The molecule has 1 fully saturated rings. The van der Waals surface area contributed by atoms with Crippen molar-refractivity contribution in [3.8, 4) is 5.75 Å². The second-order valence-electron chi connectivity index (χ2n) is 7.09. The quantitative estimate of drug-likeness (QED) is 0.678. The summed E-state index contributed by atoms with van der Waals surface area (Å²) in [5.41, 5.74) is 1.73. The molecule has 0 saturated carbocycles. The molecule has 0 bridgehead atoms. The van der Waals surface area contributed by atoms with Gasteiger partial charge >= 0.3 is 0 Å². The highest BCUT2D eigenvalue weighted by atomic mass is 79.9. The number of benzene rings is 2.